The standard InChI is InChI=1S/C16H20FN/c1-2-12-5-3-4-6-15(12)18-10-9-13-11-14(17)7-8-16(13)18/h7-12,15H,2-6H2,1H3. The molecular weight excluding hydrogens is 225 g/mol. The van der Waals surface area contributed by atoms with E-state index in [1.165, 1.54) is 37.6 Å². The quantitative estimate of drug-likeness (QED) is 0.707. The molecule has 2 aromatic rings. The number of hydrogen-bond donors (Lipinski definition) is 0. The van der Waals surface area contributed by atoms with Crippen LogP contribution in [0.15, 0.2) is 30.5 Å². The van der Waals surface area contributed by atoms with Gasteiger partial charge in [0.2, 0.25) is 0 Å². The molecule has 2 heteroatoms. The van der Waals surface area contributed by atoms with E-state index in [0.717, 1.165) is 11.3 Å². The molecule has 96 valence electrons. The Labute approximate surface area is 108 Å². The van der Waals surface area contributed by atoms with Crippen molar-refractivity contribution < 1.29 is 4.39 Å². The minimum absolute atomic E-state index is 0.143. The Morgan fingerprint density at radius 3 is 2.89 bits per heavy atom. The van der Waals surface area contributed by atoms with E-state index in [1.807, 2.05) is 12.1 Å². The summed E-state index contributed by atoms with van der Waals surface area (Å²) in [6, 6.07) is 7.77. The minimum atomic E-state index is -0.143. The Balaban J connectivity index is 2.02. The predicted molar refractivity (Wildman–Crippen MR) is 73.2 cm³/mol. The van der Waals surface area contributed by atoms with Crippen LogP contribution < -0.4 is 0 Å². The first-order valence-electron chi connectivity index (χ1n) is 7.05. The molecule has 0 bridgehead atoms. The number of hydrogen-bond acceptors (Lipinski definition) is 0. The second kappa shape index (κ2) is 4.75. The van der Waals surface area contributed by atoms with E-state index in [2.05, 4.69) is 17.7 Å². The van der Waals surface area contributed by atoms with Crippen LogP contribution in [0.3, 0.4) is 0 Å². The number of fused-ring (bicyclic) bond motifs is 1. The molecule has 1 fully saturated rings. The summed E-state index contributed by atoms with van der Waals surface area (Å²) < 4.78 is 15.6. The minimum Gasteiger partial charge on any atom is -0.344 e. The van der Waals surface area contributed by atoms with Gasteiger partial charge >= 0.3 is 0 Å². The van der Waals surface area contributed by atoms with Crippen molar-refractivity contribution in [3.63, 3.8) is 0 Å². The first-order valence-corrected chi connectivity index (χ1v) is 7.05. The van der Waals surface area contributed by atoms with Gasteiger partial charge in [0.25, 0.3) is 0 Å². The molecule has 2 atom stereocenters. The Morgan fingerprint density at radius 2 is 2.06 bits per heavy atom. The highest BCUT2D eigenvalue weighted by Gasteiger charge is 2.25. The second-order valence-corrected chi connectivity index (χ2v) is 5.45. The zero-order valence-electron chi connectivity index (χ0n) is 10.9. The van der Waals surface area contributed by atoms with E-state index in [4.69, 9.17) is 0 Å². The van der Waals surface area contributed by atoms with E-state index in [1.54, 1.807) is 12.1 Å². The van der Waals surface area contributed by atoms with Crippen molar-refractivity contribution in [2.45, 2.75) is 45.1 Å². The predicted octanol–water partition coefficient (Wildman–Crippen LogP) is 4.92. The van der Waals surface area contributed by atoms with Gasteiger partial charge in [0, 0.05) is 23.1 Å². The zero-order valence-corrected chi connectivity index (χ0v) is 10.9. The normalized spacial score (nSPS) is 24.6. The van der Waals surface area contributed by atoms with Crippen molar-refractivity contribution in [1.82, 2.24) is 4.57 Å². The molecule has 2 unspecified atom stereocenters. The van der Waals surface area contributed by atoms with E-state index in [9.17, 15) is 4.39 Å². The van der Waals surface area contributed by atoms with Crippen LogP contribution in [0.25, 0.3) is 10.9 Å². The summed E-state index contributed by atoms with van der Waals surface area (Å²) in [7, 11) is 0. The first kappa shape index (κ1) is 11.8. The summed E-state index contributed by atoms with van der Waals surface area (Å²) in [6.45, 7) is 2.29. The van der Waals surface area contributed by atoms with Crippen LogP contribution in [0.5, 0.6) is 0 Å². The molecule has 1 aliphatic rings. The number of halogens is 1. The summed E-state index contributed by atoms with van der Waals surface area (Å²) in [5, 5.41) is 1.02. The van der Waals surface area contributed by atoms with Crippen LogP contribution in [0.4, 0.5) is 4.39 Å². The van der Waals surface area contributed by atoms with Crippen molar-refractivity contribution in [2.75, 3.05) is 0 Å². The lowest BCUT2D eigenvalue weighted by Gasteiger charge is -2.32. The maximum absolute atomic E-state index is 13.2. The third-order valence-electron chi connectivity index (χ3n) is 4.43. The molecule has 0 saturated heterocycles. The average Bonchev–Trinajstić information content (AvgIpc) is 2.81. The van der Waals surface area contributed by atoms with E-state index < -0.39 is 0 Å². The van der Waals surface area contributed by atoms with Crippen LogP contribution >= 0.6 is 0 Å². The lowest BCUT2D eigenvalue weighted by atomic mass is 9.82. The van der Waals surface area contributed by atoms with Gasteiger partial charge in [-0.2, -0.15) is 0 Å². The van der Waals surface area contributed by atoms with Gasteiger partial charge in [-0.1, -0.05) is 26.2 Å². The summed E-state index contributed by atoms with van der Waals surface area (Å²) >= 11 is 0. The van der Waals surface area contributed by atoms with Gasteiger partial charge in [0.05, 0.1) is 0 Å². The molecule has 1 aliphatic carbocycles. The van der Waals surface area contributed by atoms with Crippen LogP contribution in [-0.4, -0.2) is 4.57 Å². The molecule has 1 saturated carbocycles. The topological polar surface area (TPSA) is 4.93 Å². The largest absolute Gasteiger partial charge is 0.344 e. The summed E-state index contributed by atoms with van der Waals surface area (Å²) in [5.41, 5.74) is 1.18. The van der Waals surface area contributed by atoms with Gasteiger partial charge in [0.15, 0.2) is 0 Å². The molecule has 0 spiro atoms. The Morgan fingerprint density at radius 1 is 1.22 bits per heavy atom. The lowest BCUT2D eigenvalue weighted by molar-refractivity contribution is 0.237. The molecule has 0 amide bonds. The third kappa shape index (κ3) is 1.94. The fraction of sp³-hybridized carbons (Fsp3) is 0.500. The molecule has 0 radical (unpaired) electrons. The van der Waals surface area contributed by atoms with E-state index in [0.29, 0.717) is 6.04 Å². The Bertz CT molecular complexity index is 543. The number of benzene rings is 1. The van der Waals surface area contributed by atoms with Gasteiger partial charge < -0.3 is 4.57 Å². The summed E-state index contributed by atoms with van der Waals surface area (Å²) in [6.07, 6.45) is 8.67. The smallest absolute Gasteiger partial charge is 0.123 e. The van der Waals surface area contributed by atoms with Crippen molar-refractivity contribution in [3.05, 3.63) is 36.3 Å². The second-order valence-electron chi connectivity index (χ2n) is 5.45. The lowest BCUT2D eigenvalue weighted by Crippen LogP contribution is -2.22. The molecule has 0 aliphatic heterocycles. The fourth-order valence-corrected chi connectivity index (χ4v) is 3.45. The molecule has 3 rings (SSSR count). The summed E-state index contributed by atoms with van der Waals surface area (Å²) in [5.74, 6) is 0.635. The van der Waals surface area contributed by atoms with Gasteiger partial charge in [-0.25, -0.2) is 4.39 Å². The highest BCUT2D eigenvalue weighted by Crippen LogP contribution is 2.37. The van der Waals surface area contributed by atoms with Crippen LogP contribution in [0, 0.1) is 11.7 Å². The highest BCUT2D eigenvalue weighted by atomic mass is 19.1. The first-order chi connectivity index (χ1) is 8.79. The molecule has 1 nitrogen and oxygen atoms in total. The highest BCUT2D eigenvalue weighted by molar-refractivity contribution is 5.80. The van der Waals surface area contributed by atoms with Crippen molar-refractivity contribution in [2.24, 2.45) is 5.92 Å². The molecule has 18 heavy (non-hydrogen) atoms. The van der Waals surface area contributed by atoms with E-state index in [-0.39, 0.29) is 5.82 Å². The monoisotopic (exact) mass is 245 g/mol. The van der Waals surface area contributed by atoms with Crippen molar-refractivity contribution in [3.8, 4) is 0 Å². The maximum atomic E-state index is 13.2. The zero-order chi connectivity index (χ0) is 12.5. The Hall–Kier alpha value is -1.31. The summed E-state index contributed by atoms with van der Waals surface area (Å²) in [4.78, 5) is 0. The van der Waals surface area contributed by atoms with Gasteiger partial charge in [0.1, 0.15) is 5.82 Å². The van der Waals surface area contributed by atoms with E-state index >= 15 is 0 Å². The van der Waals surface area contributed by atoms with Crippen LogP contribution in [-0.2, 0) is 0 Å². The Kier molecular flexibility index (Phi) is 3.11. The molecule has 1 aromatic carbocycles. The van der Waals surface area contributed by atoms with Gasteiger partial charge in [-0.3, -0.25) is 0 Å². The third-order valence-corrected chi connectivity index (χ3v) is 4.43. The SMILES string of the molecule is CCC1CCCCC1n1ccc2cc(F)ccc21. The maximum Gasteiger partial charge on any atom is 0.123 e. The number of nitrogens with zero attached hydrogens (tertiary/aromatic N) is 1. The van der Waals surface area contributed by atoms with Crippen molar-refractivity contribution in [1.29, 1.82) is 0 Å². The molecular formula is C16H20FN. The molecule has 0 N–H and O–H groups in total. The number of aromatic nitrogens is 1. The van der Waals surface area contributed by atoms with Crippen LogP contribution in [0.1, 0.15) is 45.1 Å². The number of rotatable bonds is 2. The van der Waals surface area contributed by atoms with Gasteiger partial charge in [-0.15, -0.1) is 0 Å². The fourth-order valence-electron chi connectivity index (χ4n) is 3.45. The molecule has 1 heterocycles. The van der Waals surface area contributed by atoms with Crippen molar-refractivity contribution >= 4 is 10.9 Å². The van der Waals surface area contributed by atoms with Gasteiger partial charge in [-0.05, 0) is 43.0 Å². The van der Waals surface area contributed by atoms with Crippen LogP contribution in [0.2, 0.25) is 0 Å². The molecule has 1 aromatic heterocycles. The average molecular weight is 245 g/mol.